The second-order valence-electron chi connectivity index (χ2n) is 5.10. The van der Waals surface area contributed by atoms with Crippen molar-refractivity contribution < 1.29 is 14.6 Å². The number of hydrogen-bond donors (Lipinski definition) is 2. The van der Waals surface area contributed by atoms with Crippen LogP contribution in [0, 0.1) is 0 Å². The van der Waals surface area contributed by atoms with Crippen LogP contribution in [0.4, 0.5) is 0 Å². The van der Waals surface area contributed by atoms with Crippen molar-refractivity contribution in [3.05, 3.63) is 35.9 Å². The Kier molecular flexibility index (Phi) is 4.93. The molecule has 0 spiro atoms. The van der Waals surface area contributed by atoms with Crippen molar-refractivity contribution >= 4 is 0 Å². The maximum absolute atomic E-state index is 10.2. The van der Waals surface area contributed by atoms with Crippen molar-refractivity contribution in [3.63, 3.8) is 0 Å². The molecule has 0 amide bonds. The van der Waals surface area contributed by atoms with Crippen molar-refractivity contribution in [1.82, 2.24) is 5.32 Å². The number of methoxy groups -OCH3 is 2. The van der Waals surface area contributed by atoms with E-state index in [1.54, 1.807) is 14.2 Å². The Morgan fingerprint density at radius 3 is 2.53 bits per heavy atom. The van der Waals surface area contributed by atoms with Gasteiger partial charge in [-0.15, -0.1) is 0 Å². The highest BCUT2D eigenvalue weighted by Gasteiger charge is 2.35. The molecule has 1 aromatic rings. The Labute approximate surface area is 114 Å². The van der Waals surface area contributed by atoms with Gasteiger partial charge in [0.1, 0.15) is 0 Å². The van der Waals surface area contributed by atoms with Crippen LogP contribution in [0.2, 0.25) is 0 Å². The fourth-order valence-electron chi connectivity index (χ4n) is 2.60. The van der Waals surface area contributed by atoms with Gasteiger partial charge in [-0.25, -0.2) is 0 Å². The van der Waals surface area contributed by atoms with Crippen LogP contribution in [-0.2, 0) is 9.47 Å². The fourth-order valence-corrected chi connectivity index (χ4v) is 2.60. The minimum atomic E-state index is -0.506. The zero-order chi connectivity index (χ0) is 13.7. The van der Waals surface area contributed by atoms with Crippen molar-refractivity contribution in [1.29, 1.82) is 0 Å². The summed E-state index contributed by atoms with van der Waals surface area (Å²) < 4.78 is 10.8. The van der Waals surface area contributed by atoms with Gasteiger partial charge in [-0.1, -0.05) is 30.3 Å². The molecule has 2 rings (SSSR count). The van der Waals surface area contributed by atoms with Gasteiger partial charge in [0, 0.05) is 33.2 Å². The van der Waals surface area contributed by atoms with E-state index >= 15 is 0 Å². The molecule has 1 saturated heterocycles. The first-order chi connectivity index (χ1) is 9.19. The van der Waals surface area contributed by atoms with Gasteiger partial charge in [0.2, 0.25) is 0 Å². The lowest BCUT2D eigenvalue weighted by Gasteiger charge is -2.39. The Hall–Kier alpha value is -0.940. The number of hydrogen-bond acceptors (Lipinski definition) is 4. The van der Waals surface area contributed by atoms with Gasteiger partial charge < -0.3 is 19.9 Å². The smallest absolute Gasteiger partial charge is 0.180 e. The summed E-state index contributed by atoms with van der Waals surface area (Å²) >= 11 is 0. The summed E-state index contributed by atoms with van der Waals surface area (Å²) in [6, 6.07) is 10.1. The predicted octanol–water partition coefficient (Wildman–Crippen LogP) is 1.85. The van der Waals surface area contributed by atoms with E-state index in [1.165, 1.54) is 0 Å². The summed E-state index contributed by atoms with van der Waals surface area (Å²) in [5.41, 5.74) is 0.972. The molecular weight excluding hydrogens is 242 g/mol. The van der Waals surface area contributed by atoms with Crippen molar-refractivity contribution in [2.75, 3.05) is 20.8 Å². The molecular formula is C15H23NO3. The maximum atomic E-state index is 10.2. The average Bonchev–Trinajstić information content (AvgIpc) is 2.49. The highest BCUT2D eigenvalue weighted by atomic mass is 16.7. The summed E-state index contributed by atoms with van der Waals surface area (Å²) in [7, 11) is 3.34. The molecule has 2 N–H and O–H groups in total. The fraction of sp³-hybridized carbons (Fsp3) is 0.600. The van der Waals surface area contributed by atoms with Crippen LogP contribution in [0.15, 0.2) is 30.3 Å². The summed E-state index contributed by atoms with van der Waals surface area (Å²) in [6.07, 6.45) is 2.08. The first-order valence-electron chi connectivity index (χ1n) is 6.76. The Bertz CT molecular complexity index is 368. The zero-order valence-corrected chi connectivity index (χ0v) is 11.6. The number of rotatable bonds is 5. The second kappa shape index (κ2) is 6.48. The van der Waals surface area contributed by atoms with E-state index in [-0.39, 0.29) is 0 Å². The lowest BCUT2D eigenvalue weighted by atomic mass is 9.93. The van der Waals surface area contributed by atoms with Gasteiger partial charge in [-0.2, -0.15) is 0 Å². The molecule has 106 valence electrons. The molecule has 19 heavy (non-hydrogen) atoms. The molecule has 1 aliphatic heterocycles. The monoisotopic (exact) mass is 265 g/mol. The van der Waals surface area contributed by atoms with Crippen LogP contribution < -0.4 is 5.32 Å². The number of aliphatic hydroxyl groups excluding tert-OH is 1. The topological polar surface area (TPSA) is 50.7 Å². The van der Waals surface area contributed by atoms with Crippen molar-refractivity contribution in [3.8, 4) is 0 Å². The molecule has 0 radical (unpaired) electrons. The predicted molar refractivity (Wildman–Crippen MR) is 73.8 cm³/mol. The number of aliphatic hydroxyl groups is 1. The third-order valence-electron chi connectivity index (χ3n) is 3.97. The normalized spacial score (nSPS) is 24.1. The molecule has 1 heterocycles. The Balaban J connectivity index is 1.86. The lowest BCUT2D eigenvalue weighted by Crippen LogP contribution is -2.52. The Morgan fingerprint density at radius 1 is 1.32 bits per heavy atom. The maximum Gasteiger partial charge on any atom is 0.180 e. The first kappa shape index (κ1) is 14.5. The van der Waals surface area contributed by atoms with Gasteiger partial charge in [-0.3, -0.25) is 0 Å². The lowest BCUT2D eigenvalue weighted by molar-refractivity contribution is -0.218. The van der Waals surface area contributed by atoms with Crippen LogP contribution in [0.1, 0.15) is 30.9 Å². The molecule has 0 bridgehead atoms. The van der Waals surface area contributed by atoms with E-state index in [1.807, 2.05) is 30.3 Å². The van der Waals surface area contributed by atoms with Gasteiger partial charge in [0.05, 0.1) is 6.10 Å². The van der Waals surface area contributed by atoms with Crippen molar-refractivity contribution in [2.45, 2.75) is 37.2 Å². The van der Waals surface area contributed by atoms with Crippen LogP contribution in [0.3, 0.4) is 0 Å². The third-order valence-corrected chi connectivity index (χ3v) is 3.97. The minimum absolute atomic E-state index is 0.300. The van der Waals surface area contributed by atoms with Gasteiger partial charge in [0.15, 0.2) is 5.79 Å². The molecule has 0 saturated carbocycles. The third kappa shape index (κ3) is 3.54. The Morgan fingerprint density at radius 2 is 2.00 bits per heavy atom. The highest BCUT2D eigenvalue weighted by molar-refractivity contribution is 5.17. The van der Waals surface area contributed by atoms with E-state index < -0.39 is 11.9 Å². The summed E-state index contributed by atoms with van der Waals surface area (Å²) in [6.45, 7) is 0.659. The van der Waals surface area contributed by atoms with E-state index in [9.17, 15) is 5.11 Å². The van der Waals surface area contributed by atoms with Crippen LogP contribution in [-0.4, -0.2) is 37.7 Å². The standard InChI is InChI=1S/C15H23NO3/c1-18-15(19-2)9-8-13(16-11-15)10-14(17)12-6-4-3-5-7-12/h3-7,13-14,16-17H,8-11H2,1-2H3/t13-,14+/m1/s1. The first-order valence-corrected chi connectivity index (χ1v) is 6.76. The number of piperidine rings is 1. The molecule has 0 aromatic heterocycles. The second-order valence-corrected chi connectivity index (χ2v) is 5.10. The molecule has 0 unspecified atom stereocenters. The van der Waals surface area contributed by atoms with Gasteiger partial charge >= 0.3 is 0 Å². The number of nitrogens with one attached hydrogen (secondary N) is 1. The SMILES string of the molecule is COC1(OC)CC[C@H](C[C@H](O)c2ccccc2)NC1. The minimum Gasteiger partial charge on any atom is -0.388 e. The van der Waals surface area contributed by atoms with Gasteiger partial charge in [0.25, 0.3) is 0 Å². The molecule has 2 atom stereocenters. The number of ether oxygens (including phenoxy) is 2. The van der Waals surface area contributed by atoms with Crippen LogP contribution >= 0.6 is 0 Å². The average molecular weight is 265 g/mol. The van der Waals surface area contributed by atoms with E-state index in [4.69, 9.17) is 9.47 Å². The number of benzene rings is 1. The molecule has 1 fully saturated rings. The highest BCUT2D eigenvalue weighted by Crippen LogP contribution is 2.27. The van der Waals surface area contributed by atoms with Crippen molar-refractivity contribution in [2.24, 2.45) is 0 Å². The zero-order valence-electron chi connectivity index (χ0n) is 11.6. The molecule has 1 aliphatic rings. The largest absolute Gasteiger partial charge is 0.388 e. The summed E-state index contributed by atoms with van der Waals surface area (Å²) in [5, 5.41) is 13.6. The quantitative estimate of drug-likeness (QED) is 0.798. The van der Waals surface area contributed by atoms with Gasteiger partial charge in [-0.05, 0) is 18.4 Å². The molecule has 4 heteroatoms. The molecule has 1 aromatic carbocycles. The van der Waals surface area contributed by atoms with E-state index in [0.717, 1.165) is 18.4 Å². The summed E-state index contributed by atoms with van der Waals surface area (Å²) in [5.74, 6) is -0.506. The van der Waals surface area contributed by atoms with Crippen LogP contribution in [0.5, 0.6) is 0 Å². The van der Waals surface area contributed by atoms with E-state index in [0.29, 0.717) is 19.0 Å². The molecule has 4 nitrogen and oxygen atoms in total. The summed E-state index contributed by atoms with van der Waals surface area (Å²) in [4.78, 5) is 0. The van der Waals surface area contributed by atoms with Crippen LogP contribution in [0.25, 0.3) is 0 Å². The molecule has 0 aliphatic carbocycles. The van der Waals surface area contributed by atoms with E-state index in [2.05, 4.69) is 5.32 Å².